The van der Waals surface area contributed by atoms with Gasteiger partial charge in [0.25, 0.3) is 0 Å². The third-order valence-corrected chi connectivity index (χ3v) is 6.03. The average molecular weight is 417 g/mol. The van der Waals surface area contributed by atoms with Crippen LogP contribution in [-0.2, 0) is 16.0 Å². The van der Waals surface area contributed by atoms with Crippen LogP contribution in [0.3, 0.4) is 0 Å². The summed E-state index contributed by atoms with van der Waals surface area (Å²) in [6, 6.07) is 13.9. The molecule has 0 amide bonds. The molecule has 2 aromatic rings. The first-order chi connectivity index (χ1) is 15.1. The normalized spacial score (nSPS) is 24.6. The Hall–Kier alpha value is -2.94. The monoisotopic (exact) mass is 416 g/mol. The summed E-state index contributed by atoms with van der Waals surface area (Å²) in [5, 5.41) is 11.2. The molecule has 5 nitrogen and oxygen atoms in total. The van der Waals surface area contributed by atoms with Crippen molar-refractivity contribution in [2.45, 2.75) is 31.8 Å². The molecule has 31 heavy (non-hydrogen) atoms. The quantitative estimate of drug-likeness (QED) is 0.461. The molecule has 1 atom stereocenters. The Balaban J connectivity index is 1.63. The lowest BCUT2D eigenvalue weighted by Gasteiger charge is -2.47. The van der Waals surface area contributed by atoms with Crippen LogP contribution in [0.2, 0.25) is 0 Å². The number of esters is 1. The van der Waals surface area contributed by atoms with Gasteiger partial charge in [-0.2, -0.15) is 0 Å². The van der Waals surface area contributed by atoms with Crippen LogP contribution in [-0.4, -0.2) is 52.8 Å². The van der Waals surface area contributed by atoms with Crippen LogP contribution >= 0.6 is 0 Å². The van der Waals surface area contributed by atoms with E-state index < -0.39 is 5.60 Å². The molecule has 0 spiro atoms. The highest BCUT2D eigenvalue weighted by Gasteiger charge is 2.44. The molecule has 3 aliphatic rings. The Morgan fingerprint density at radius 2 is 2.03 bits per heavy atom. The molecule has 1 N–H and O–H groups in total. The molecule has 3 aliphatic heterocycles. The highest BCUT2D eigenvalue weighted by atomic mass is 16.5. The maximum Gasteiger partial charge on any atom is 0.330 e. The van der Waals surface area contributed by atoms with Gasteiger partial charge in [0.05, 0.1) is 18.0 Å². The molecule has 0 radical (unpaired) electrons. The molecule has 1 unspecified atom stereocenters. The van der Waals surface area contributed by atoms with Crippen molar-refractivity contribution in [2.75, 3.05) is 26.2 Å². The third kappa shape index (κ3) is 5.22. The number of carbonyl (C=O) groups excluding carboxylic acids is 1. The molecule has 1 aromatic carbocycles. The van der Waals surface area contributed by atoms with Crippen molar-refractivity contribution in [2.24, 2.45) is 5.92 Å². The van der Waals surface area contributed by atoms with Crippen molar-refractivity contribution >= 4 is 12.0 Å². The van der Waals surface area contributed by atoms with Gasteiger partial charge in [-0.25, -0.2) is 4.79 Å². The lowest BCUT2D eigenvalue weighted by atomic mass is 9.75. The van der Waals surface area contributed by atoms with Gasteiger partial charge in [-0.05, 0) is 56.6 Å². The minimum atomic E-state index is -0.955. The van der Waals surface area contributed by atoms with Crippen LogP contribution in [0, 0.1) is 17.8 Å². The molecule has 160 valence electrons. The molecule has 5 rings (SSSR count). The molecule has 4 heterocycles. The number of aliphatic hydroxyl groups is 1. The van der Waals surface area contributed by atoms with Gasteiger partial charge in [-0.1, -0.05) is 42.2 Å². The molecule has 0 aliphatic carbocycles. The lowest BCUT2D eigenvalue weighted by molar-refractivity contribution is -0.137. The Morgan fingerprint density at radius 3 is 2.71 bits per heavy atom. The van der Waals surface area contributed by atoms with Gasteiger partial charge in [-0.15, -0.1) is 0 Å². The summed E-state index contributed by atoms with van der Waals surface area (Å²) in [4.78, 5) is 18.7. The van der Waals surface area contributed by atoms with E-state index >= 15 is 0 Å². The number of carbonyl (C=O) groups is 1. The van der Waals surface area contributed by atoms with Crippen molar-refractivity contribution in [3.63, 3.8) is 0 Å². The minimum absolute atomic E-state index is 0.238. The third-order valence-electron chi connectivity index (χ3n) is 6.03. The molecule has 3 saturated heterocycles. The van der Waals surface area contributed by atoms with E-state index in [9.17, 15) is 9.90 Å². The van der Waals surface area contributed by atoms with Crippen LogP contribution < -0.4 is 0 Å². The van der Waals surface area contributed by atoms with E-state index in [-0.39, 0.29) is 11.9 Å². The van der Waals surface area contributed by atoms with E-state index in [0.29, 0.717) is 25.3 Å². The number of fused-ring (bicyclic) bond motifs is 3. The van der Waals surface area contributed by atoms with Crippen LogP contribution in [0.25, 0.3) is 6.08 Å². The van der Waals surface area contributed by atoms with Gasteiger partial charge in [0.2, 0.25) is 0 Å². The molecule has 3 fully saturated rings. The Labute approximate surface area is 183 Å². The lowest BCUT2D eigenvalue weighted by Crippen LogP contribution is -2.58. The van der Waals surface area contributed by atoms with E-state index in [1.807, 2.05) is 30.3 Å². The summed E-state index contributed by atoms with van der Waals surface area (Å²) in [7, 11) is 0. The zero-order valence-corrected chi connectivity index (χ0v) is 17.9. The number of aromatic nitrogens is 1. The number of rotatable bonds is 5. The molecular weight excluding hydrogens is 388 g/mol. The number of piperidine rings is 3. The first kappa shape index (κ1) is 21.3. The zero-order chi connectivity index (χ0) is 21.7. The summed E-state index contributed by atoms with van der Waals surface area (Å²) in [6.45, 7) is 4.84. The van der Waals surface area contributed by atoms with E-state index in [1.165, 1.54) is 6.08 Å². The second-order valence-corrected chi connectivity index (χ2v) is 8.20. The first-order valence-corrected chi connectivity index (χ1v) is 10.9. The molecule has 1 aromatic heterocycles. The predicted molar refractivity (Wildman–Crippen MR) is 120 cm³/mol. The van der Waals surface area contributed by atoms with Gasteiger partial charge >= 0.3 is 5.97 Å². The number of pyridine rings is 1. The van der Waals surface area contributed by atoms with Crippen molar-refractivity contribution in [1.82, 2.24) is 9.88 Å². The molecule has 0 saturated carbocycles. The van der Waals surface area contributed by atoms with Gasteiger partial charge in [0.15, 0.2) is 0 Å². The first-order valence-electron chi connectivity index (χ1n) is 10.9. The van der Waals surface area contributed by atoms with Gasteiger partial charge in [0, 0.05) is 30.5 Å². The topological polar surface area (TPSA) is 62.7 Å². The van der Waals surface area contributed by atoms with Crippen molar-refractivity contribution in [3.05, 3.63) is 71.1 Å². The fraction of sp³-hybridized carbons (Fsp3) is 0.385. The van der Waals surface area contributed by atoms with Crippen LogP contribution in [0.4, 0.5) is 0 Å². The second kappa shape index (κ2) is 9.47. The van der Waals surface area contributed by atoms with Crippen molar-refractivity contribution in [1.29, 1.82) is 0 Å². The maximum atomic E-state index is 11.6. The molecule has 2 bridgehead atoms. The van der Waals surface area contributed by atoms with Gasteiger partial charge < -0.3 is 9.84 Å². The van der Waals surface area contributed by atoms with Gasteiger partial charge in [0.1, 0.15) is 5.60 Å². The average Bonchev–Trinajstić information content (AvgIpc) is 2.79. The summed E-state index contributed by atoms with van der Waals surface area (Å²) in [5.41, 5.74) is 2.48. The summed E-state index contributed by atoms with van der Waals surface area (Å²) >= 11 is 0. The fourth-order valence-corrected chi connectivity index (χ4v) is 4.35. The minimum Gasteiger partial charge on any atom is -0.463 e. The van der Waals surface area contributed by atoms with E-state index in [0.717, 1.165) is 42.8 Å². The summed E-state index contributed by atoms with van der Waals surface area (Å²) in [5.74, 6) is 6.28. The highest BCUT2D eigenvalue weighted by Crippen LogP contribution is 2.35. The number of nitrogens with zero attached hydrogens (tertiary/aromatic N) is 2. The standard InChI is InChI=1S/C26H28N2O3/c1-2-31-25(29)11-10-23-9-8-21(24(27-23)18-20-6-4-3-5-7-20)12-15-26(30)19-28-16-13-22(26)14-17-28/h3-11,22,30H,2,13-14,16-19H2,1H3. The SMILES string of the molecule is CCOC(=O)C=Cc1ccc(C#CC2(O)CN3CCC2CC3)c(Cc2ccccc2)n1. The van der Waals surface area contributed by atoms with Crippen molar-refractivity contribution < 1.29 is 14.6 Å². The van der Waals surface area contributed by atoms with Crippen molar-refractivity contribution in [3.8, 4) is 11.8 Å². The van der Waals surface area contributed by atoms with Crippen LogP contribution in [0.5, 0.6) is 0 Å². The maximum absolute atomic E-state index is 11.6. The Morgan fingerprint density at radius 1 is 1.26 bits per heavy atom. The predicted octanol–water partition coefficient (Wildman–Crippen LogP) is 3.06. The smallest absolute Gasteiger partial charge is 0.330 e. The van der Waals surface area contributed by atoms with E-state index in [2.05, 4.69) is 28.9 Å². The van der Waals surface area contributed by atoms with E-state index in [1.54, 1.807) is 13.0 Å². The second-order valence-electron chi connectivity index (χ2n) is 8.20. The summed E-state index contributed by atoms with van der Waals surface area (Å²) < 4.78 is 4.95. The number of hydrogen-bond acceptors (Lipinski definition) is 5. The van der Waals surface area contributed by atoms with Crippen LogP contribution in [0.1, 0.15) is 42.3 Å². The molecular formula is C26H28N2O3. The van der Waals surface area contributed by atoms with Crippen LogP contribution in [0.15, 0.2) is 48.5 Å². The molecule has 5 heteroatoms. The number of hydrogen-bond donors (Lipinski definition) is 1. The highest BCUT2D eigenvalue weighted by molar-refractivity contribution is 5.86. The summed E-state index contributed by atoms with van der Waals surface area (Å²) in [6.07, 6.45) is 5.67. The van der Waals surface area contributed by atoms with E-state index in [4.69, 9.17) is 9.72 Å². The van der Waals surface area contributed by atoms with Gasteiger partial charge in [-0.3, -0.25) is 9.88 Å². The fourth-order valence-electron chi connectivity index (χ4n) is 4.35. The Kier molecular flexibility index (Phi) is 6.50. The number of benzene rings is 1. The largest absolute Gasteiger partial charge is 0.463 e. The zero-order valence-electron chi connectivity index (χ0n) is 17.9. The number of ether oxygens (including phenoxy) is 1. The Bertz CT molecular complexity index is 1010.